The summed E-state index contributed by atoms with van der Waals surface area (Å²) in [6, 6.07) is 3.61. The second-order valence-corrected chi connectivity index (χ2v) is 8.31. The molecule has 5 nitrogen and oxygen atoms in total. The van der Waals surface area contributed by atoms with Crippen LogP contribution in [0.15, 0.2) is 24.4 Å². The first-order valence-corrected chi connectivity index (χ1v) is 10.5. The molecule has 1 N–H and O–H groups in total. The zero-order valence-electron chi connectivity index (χ0n) is 17.2. The van der Waals surface area contributed by atoms with Gasteiger partial charge in [-0.05, 0) is 44.0 Å². The number of anilines is 1. The summed E-state index contributed by atoms with van der Waals surface area (Å²) in [6.07, 6.45) is -5.87. The zero-order valence-corrected chi connectivity index (χ0v) is 17.2. The lowest BCUT2D eigenvalue weighted by Gasteiger charge is -2.25. The molecule has 0 aliphatic carbocycles. The quantitative estimate of drug-likeness (QED) is 0.690. The molecule has 2 unspecified atom stereocenters. The van der Waals surface area contributed by atoms with Gasteiger partial charge in [0.1, 0.15) is 0 Å². The van der Waals surface area contributed by atoms with Crippen LogP contribution < -0.4 is 10.2 Å². The highest BCUT2D eigenvalue weighted by Gasteiger charge is 2.44. The van der Waals surface area contributed by atoms with Crippen LogP contribution in [0.2, 0.25) is 0 Å². The number of hydrogen-bond acceptors (Lipinski definition) is 5. The fourth-order valence-corrected chi connectivity index (χ4v) is 4.20. The standard InChI is InChI=1S/C21H23F6N5/c22-20(23,24)14-3-6-29-16(8-14)9-17-10-18(13-2-1-5-28-11-13)31-19(30-17)32-7-4-15(12-32)21(25,26)27/h3,6,8,10,13,15,28H,1-2,4-5,7,9,11-12H2. The summed E-state index contributed by atoms with van der Waals surface area (Å²) in [6.45, 7) is 1.52. The number of piperidine rings is 1. The van der Waals surface area contributed by atoms with Crippen LogP contribution in [0.3, 0.4) is 0 Å². The zero-order chi connectivity index (χ0) is 22.9. The van der Waals surface area contributed by atoms with Crippen molar-refractivity contribution in [1.82, 2.24) is 20.3 Å². The minimum atomic E-state index is -4.49. The van der Waals surface area contributed by atoms with Gasteiger partial charge in [0.05, 0.1) is 22.9 Å². The third-order valence-corrected chi connectivity index (χ3v) is 5.94. The van der Waals surface area contributed by atoms with E-state index in [4.69, 9.17) is 0 Å². The van der Waals surface area contributed by atoms with Crippen molar-refractivity contribution in [3.05, 3.63) is 47.0 Å². The van der Waals surface area contributed by atoms with Crippen LogP contribution >= 0.6 is 0 Å². The lowest BCUT2D eigenvalue weighted by atomic mass is 9.95. The maximum atomic E-state index is 13.1. The van der Waals surface area contributed by atoms with Crippen LogP contribution in [0.1, 0.15) is 47.8 Å². The Kier molecular flexibility index (Phi) is 6.28. The molecule has 4 rings (SSSR count). The molecular weight excluding hydrogens is 436 g/mol. The number of hydrogen-bond donors (Lipinski definition) is 1. The van der Waals surface area contributed by atoms with E-state index in [1.165, 1.54) is 4.90 Å². The van der Waals surface area contributed by atoms with Gasteiger partial charge in [0.2, 0.25) is 5.95 Å². The Morgan fingerprint density at radius 1 is 1.03 bits per heavy atom. The molecule has 0 saturated carbocycles. The molecule has 32 heavy (non-hydrogen) atoms. The normalized spacial score (nSPS) is 22.4. The Hall–Kier alpha value is -2.43. The van der Waals surface area contributed by atoms with Crippen LogP contribution in [0, 0.1) is 5.92 Å². The Morgan fingerprint density at radius 3 is 2.50 bits per heavy atom. The molecule has 2 aliphatic heterocycles. The van der Waals surface area contributed by atoms with E-state index in [2.05, 4.69) is 20.3 Å². The predicted molar refractivity (Wildman–Crippen MR) is 105 cm³/mol. The molecule has 2 aromatic heterocycles. The Labute approximate surface area is 181 Å². The second-order valence-electron chi connectivity index (χ2n) is 8.31. The monoisotopic (exact) mass is 459 g/mol. The van der Waals surface area contributed by atoms with E-state index in [1.54, 1.807) is 6.07 Å². The van der Waals surface area contributed by atoms with Crippen molar-refractivity contribution in [2.75, 3.05) is 31.1 Å². The van der Waals surface area contributed by atoms with Crippen LogP contribution in [0.25, 0.3) is 0 Å². The van der Waals surface area contributed by atoms with Crippen LogP contribution in [0.5, 0.6) is 0 Å². The molecule has 0 radical (unpaired) electrons. The molecule has 2 fully saturated rings. The number of nitrogens with one attached hydrogen (secondary N) is 1. The fraction of sp³-hybridized carbons (Fsp3) is 0.571. The molecule has 0 spiro atoms. The first-order valence-electron chi connectivity index (χ1n) is 10.5. The van der Waals surface area contributed by atoms with Gasteiger partial charge in [-0.1, -0.05) is 0 Å². The van der Waals surface area contributed by atoms with Gasteiger partial charge in [-0.25, -0.2) is 9.97 Å². The van der Waals surface area contributed by atoms with E-state index in [0.717, 1.165) is 37.7 Å². The third-order valence-electron chi connectivity index (χ3n) is 5.94. The van der Waals surface area contributed by atoms with Gasteiger partial charge in [-0.3, -0.25) is 4.98 Å². The van der Waals surface area contributed by atoms with Crippen molar-refractivity contribution in [1.29, 1.82) is 0 Å². The van der Waals surface area contributed by atoms with E-state index in [9.17, 15) is 26.3 Å². The summed E-state index contributed by atoms with van der Waals surface area (Å²) in [4.78, 5) is 14.5. The molecular formula is C21H23F6N5. The number of halogens is 6. The van der Waals surface area contributed by atoms with Gasteiger partial charge in [-0.15, -0.1) is 0 Å². The lowest BCUT2D eigenvalue weighted by Crippen LogP contribution is -2.31. The lowest BCUT2D eigenvalue weighted by molar-refractivity contribution is -0.168. The van der Waals surface area contributed by atoms with Crippen molar-refractivity contribution >= 4 is 5.95 Å². The minimum absolute atomic E-state index is 0.0309. The van der Waals surface area contributed by atoms with Crippen molar-refractivity contribution in [3.8, 4) is 0 Å². The summed E-state index contributed by atoms with van der Waals surface area (Å²) < 4.78 is 78.6. The molecule has 0 aromatic carbocycles. The number of alkyl halides is 6. The van der Waals surface area contributed by atoms with Crippen molar-refractivity contribution in [2.45, 2.75) is 44.0 Å². The van der Waals surface area contributed by atoms with Crippen molar-refractivity contribution in [3.63, 3.8) is 0 Å². The van der Waals surface area contributed by atoms with E-state index >= 15 is 0 Å². The van der Waals surface area contributed by atoms with Gasteiger partial charge in [0, 0.05) is 43.9 Å². The molecule has 2 saturated heterocycles. The molecule has 2 aromatic rings. The van der Waals surface area contributed by atoms with Crippen LogP contribution in [0.4, 0.5) is 32.3 Å². The molecule has 0 bridgehead atoms. The maximum Gasteiger partial charge on any atom is 0.416 e. The molecule has 4 heterocycles. The Bertz CT molecular complexity index is 939. The molecule has 2 aliphatic rings. The maximum absolute atomic E-state index is 13.1. The summed E-state index contributed by atoms with van der Waals surface area (Å²) in [5.74, 6) is -1.18. The van der Waals surface area contributed by atoms with Gasteiger partial charge in [0.25, 0.3) is 0 Å². The molecule has 11 heteroatoms. The highest BCUT2D eigenvalue weighted by molar-refractivity contribution is 5.37. The van der Waals surface area contributed by atoms with Crippen molar-refractivity contribution in [2.24, 2.45) is 5.92 Å². The van der Waals surface area contributed by atoms with Gasteiger partial charge in [-0.2, -0.15) is 26.3 Å². The number of nitrogens with zero attached hydrogens (tertiary/aromatic N) is 4. The van der Waals surface area contributed by atoms with E-state index < -0.39 is 23.8 Å². The first kappa shape index (κ1) is 22.8. The van der Waals surface area contributed by atoms with Crippen LogP contribution in [-0.2, 0) is 12.6 Å². The molecule has 0 amide bonds. The number of aromatic nitrogens is 3. The van der Waals surface area contributed by atoms with Crippen molar-refractivity contribution < 1.29 is 26.3 Å². The minimum Gasteiger partial charge on any atom is -0.340 e. The van der Waals surface area contributed by atoms with Crippen LogP contribution in [-0.4, -0.2) is 47.3 Å². The van der Waals surface area contributed by atoms with Gasteiger partial charge in [0.15, 0.2) is 0 Å². The smallest absolute Gasteiger partial charge is 0.340 e. The average Bonchev–Trinajstić information content (AvgIpc) is 3.25. The highest BCUT2D eigenvalue weighted by atomic mass is 19.4. The predicted octanol–water partition coefficient (Wildman–Crippen LogP) is 4.34. The Balaban J connectivity index is 1.64. The molecule has 2 atom stereocenters. The summed E-state index contributed by atoms with van der Waals surface area (Å²) >= 11 is 0. The fourth-order valence-electron chi connectivity index (χ4n) is 4.20. The van der Waals surface area contributed by atoms with E-state index in [-0.39, 0.29) is 43.5 Å². The highest BCUT2D eigenvalue weighted by Crippen LogP contribution is 2.35. The topological polar surface area (TPSA) is 53.9 Å². The summed E-state index contributed by atoms with van der Waals surface area (Å²) in [7, 11) is 0. The summed E-state index contributed by atoms with van der Waals surface area (Å²) in [5.41, 5.74) is 0.519. The molecule has 174 valence electrons. The second kappa shape index (κ2) is 8.84. The SMILES string of the molecule is FC(F)(F)c1ccnc(Cc2cc(C3CCCNC3)nc(N3CCC(C(F)(F)F)C3)n2)c1. The average molecular weight is 459 g/mol. The Morgan fingerprint density at radius 2 is 1.84 bits per heavy atom. The van der Waals surface area contributed by atoms with E-state index in [0.29, 0.717) is 17.9 Å². The summed E-state index contributed by atoms with van der Waals surface area (Å²) in [5, 5.41) is 3.28. The van der Waals surface area contributed by atoms with Gasteiger partial charge < -0.3 is 10.2 Å². The van der Waals surface area contributed by atoms with E-state index in [1.807, 2.05) is 0 Å². The van der Waals surface area contributed by atoms with Gasteiger partial charge >= 0.3 is 12.4 Å². The third kappa shape index (κ3) is 5.31. The first-order chi connectivity index (χ1) is 15.1. The largest absolute Gasteiger partial charge is 0.416 e. The number of rotatable bonds is 4. The number of pyridine rings is 1.